The summed E-state index contributed by atoms with van der Waals surface area (Å²) in [4.78, 5) is 23.5. The van der Waals surface area contributed by atoms with Gasteiger partial charge in [-0.15, -0.1) is 0 Å². The lowest BCUT2D eigenvalue weighted by atomic mass is 10.6. The monoisotopic (exact) mass is 166 g/mol. The summed E-state index contributed by atoms with van der Waals surface area (Å²) in [6, 6.07) is 0. The third-order valence-electron chi connectivity index (χ3n) is 1.11. The van der Waals surface area contributed by atoms with E-state index in [9.17, 15) is 9.59 Å². The van der Waals surface area contributed by atoms with Gasteiger partial charge in [0.15, 0.2) is 0 Å². The first-order valence-corrected chi connectivity index (χ1v) is 3.11. The van der Waals surface area contributed by atoms with Crippen LogP contribution in [0, 0.1) is 0 Å². The first kappa shape index (κ1) is 8.16. The first-order valence-electron chi connectivity index (χ1n) is 3.11. The van der Waals surface area contributed by atoms with Crippen LogP contribution in [0.15, 0.2) is 17.4 Å². The summed E-state index contributed by atoms with van der Waals surface area (Å²) >= 11 is 0. The van der Waals surface area contributed by atoms with Gasteiger partial charge < -0.3 is 5.73 Å². The molecule has 0 aliphatic rings. The van der Waals surface area contributed by atoms with Crippen molar-refractivity contribution in [2.45, 2.75) is 6.54 Å². The zero-order valence-electron chi connectivity index (χ0n) is 6.10. The van der Waals surface area contributed by atoms with E-state index in [1.54, 1.807) is 0 Å². The molecule has 0 aliphatic carbocycles. The van der Waals surface area contributed by atoms with Crippen molar-refractivity contribution in [2.75, 3.05) is 0 Å². The number of nitrogens with two attached hydrogens (primary N) is 1. The molecule has 0 spiro atoms. The van der Waals surface area contributed by atoms with E-state index < -0.39 is 5.91 Å². The quantitative estimate of drug-likeness (QED) is 0.477. The Morgan fingerprint density at radius 2 is 2.58 bits per heavy atom. The van der Waals surface area contributed by atoms with Crippen molar-refractivity contribution < 1.29 is 9.59 Å². The molecule has 0 unspecified atom stereocenters. The number of aliphatic imine (C=N–C) groups is 1. The van der Waals surface area contributed by atoms with E-state index in [4.69, 9.17) is 5.73 Å². The van der Waals surface area contributed by atoms with Crippen molar-refractivity contribution in [3.05, 3.63) is 12.4 Å². The molecular weight excluding hydrogens is 160 g/mol. The Hall–Kier alpha value is -1.94. The normalized spacial score (nSPS) is 9.00. The number of primary amides is 1. The van der Waals surface area contributed by atoms with Gasteiger partial charge in [0.2, 0.25) is 12.0 Å². The molecule has 1 aromatic heterocycles. The topological polar surface area (TPSA) is 90.3 Å². The highest BCUT2D eigenvalue weighted by atomic mass is 16.1. The Bertz CT molecular complexity index is 337. The number of amides is 1. The van der Waals surface area contributed by atoms with Crippen LogP contribution in [-0.2, 0) is 16.1 Å². The number of isocyanates is 1. The number of hydrogen-bond donors (Lipinski definition) is 1. The SMILES string of the molecule is NC(=O)Cn1cc(N=C=O)cn1. The molecule has 12 heavy (non-hydrogen) atoms. The Morgan fingerprint density at radius 1 is 1.83 bits per heavy atom. The second-order valence-electron chi connectivity index (χ2n) is 2.07. The molecule has 1 amide bonds. The summed E-state index contributed by atoms with van der Waals surface area (Å²) < 4.78 is 1.29. The number of carbonyl (C=O) groups is 1. The zero-order chi connectivity index (χ0) is 8.97. The maximum atomic E-state index is 10.4. The van der Waals surface area contributed by atoms with Crippen molar-refractivity contribution in [3.8, 4) is 0 Å². The van der Waals surface area contributed by atoms with Crippen LogP contribution < -0.4 is 5.73 Å². The van der Waals surface area contributed by atoms with E-state index in [-0.39, 0.29) is 6.54 Å². The Morgan fingerprint density at radius 3 is 3.17 bits per heavy atom. The summed E-state index contributed by atoms with van der Waals surface area (Å²) in [6.45, 7) is -0.0195. The summed E-state index contributed by atoms with van der Waals surface area (Å²) in [5, 5.41) is 3.72. The number of nitrogens with zero attached hydrogens (tertiary/aromatic N) is 3. The maximum absolute atomic E-state index is 10.4. The second-order valence-corrected chi connectivity index (χ2v) is 2.07. The molecule has 0 saturated heterocycles. The van der Waals surface area contributed by atoms with Crippen LogP contribution in [0.1, 0.15) is 0 Å². The molecule has 62 valence electrons. The van der Waals surface area contributed by atoms with Crippen LogP contribution in [0.5, 0.6) is 0 Å². The van der Waals surface area contributed by atoms with Crippen LogP contribution in [0.25, 0.3) is 0 Å². The van der Waals surface area contributed by atoms with E-state index in [0.717, 1.165) is 0 Å². The first-order chi connectivity index (χ1) is 5.72. The number of rotatable bonds is 3. The zero-order valence-corrected chi connectivity index (χ0v) is 6.10. The van der Waals surface area contributed by atoms with Crippen LogP contribution in [0.3, 0.4) is 0 Å². The molecule has 0 saturated carbocycles. The van der Waals surface area contributed by atoms with Gasteiger partial charge >= 0.3 is 0 Å². The van der Waals surface area contributed by atoms with E-state index in [0.29, 0.717) is 5.69 Å². The van der Waals surface area contributed by atoms with Crippen LogP contribution in [0.2, 0.25) is 0 Å². The summed E-state index contributed by atoms with van der Waals surface area (Å²) in [5.41, 5.74) is 5.25. The standard InChI is InChI=1S/C6H6N4O2/c7-6(12)3-10-2-5(1-9-10)8-4-11/h1-2H,3H2,(H2,7,12). The van der Waals surface area contributed by atoms with Gasteiger partial charge in [0.1, 0.15) is 12.2 Å². The maximum Gasteiger partial charge on any atom is 0.240 e. The van der Waals surface area contributed by atoms with E-state index in [2.05, 4.69) is 10.1 Å². The molecule has 0 aromatic carbocycles. The van der Waals surface area contributed by atoms with Crippen molar-refractivity contribution in [1.29, 1.82) is 0 Å². The molecule has 0 aliphatic heterocycles. The van der Waals surface area contributed by atoms with Crippen molar-refractivity contribution >= 4 is 17.7 Å². The predicted molar refractivity (Wildman–Crippen MR) is 39.2 cm³/mol. The molecule has 6 nitrogen and oxygen atoms in total. The van der Waals surface area contributed by atoms with Crippen molar-refractivity contribution in [2.24, 2.45) is 10.7 Å². The van der Waals surface area contributed by atoms with Gasteiger partial charge in [0.05, 0.1) is 12.4 Å². The van der Waals surface area contributed by atoms with Gasteiger partial charge in [0, 0.05) is 0 Å². The number of aromatic nitrogens is 2. The van der Waals surface area contributed by atoms with Gasteiger partial charge in [-0.3, -0.25) is 9.48 Å². The van der Waals surface area contributed by atoms with E-state index in [1.807, 2.05) is 0 Å². The summed E-state index contributed by atoms with van der Waals surface area (Å²) in [6.07, 6.45) is 4.12. The molecule has 0 bridgehead atoms. The highest BCUT2D eigenvalue weighted by Crippen LogP contribution is 2.06. The van der Waals surface area contributed by atoms with Gasteiger partial charge in [-0.2, -0.15) is 10.1 Å². The lowest BCUT2D eigenvalue weighted by Crippen LogP contribution is -2.18. The molecule has 1 rings (SSSR count). The van der Waals surface area contributed by atoms with E-state index >= 15 is 0 Å². The van der Waals surface area contributed by atoms with Crippen LogP contribution in [-0.4, -0.2) is 21.8 Å². The lowest BCUT2D eigenvalue weighted by Gasteiger charge is -1.92. The third-order valence-corrected chi connectivity index (χ3v) is 1.11. The molecule has 1 heterocycles. The van der Waals surface area contributed by atoms with Gasteiger partial charge in [-0.05, 0) is 0 Å². The molecule has 0 fully saturated rings. The fraction of sp³-hybridized carbons (Fsp3) is 0.167. The minimum Gasteiger partial charge on any atom is -0.368 e. The van der Waals surface area contributed by atoms with Crippen molar-refractivity contribution in [1.82, 2.24) is 9.78 Å². The minimum absolute atomic E-state index is 0.0195. The Labute approximate surface area is 67.7 Å². The smallest absolute Gasteiger partial charge is 0.240 e. The molecule has 1 aromatic rings. The van der Waals surface area contributed by atoms with Gasteiger partial charge in [-0.1, -0.05) is 0 Å². The molecule has 0 radical (unpaired) electrons. The molecule has 0 atom stereocenters. The van der Waals surface area contributed by atoms with Crippen LogP contribution >= 0.6 is 0 Å². The highest BCUT2D eigenvalue weighted by Gasteiger charge is 1.98. The number of hydrogen-bond acceptors (Lipinski definition) is 4. The molecule has 6 heteroatoms. The Kier molecular flexibility index (Phi) is 2.35. The predicted octanol–water partition coefficient (Wildman–Crippen LogP) is -0.664. The summed E-state index contributed by atoms with van der Waals surface area (Å²) in [5.74, 6) is -0.500. The number of carbonyl (C=O) groups excluding carboxylic acids is 2. The fourth-order valence-corrected chi connectivity index (χ4v) is 0.709. The molecular formula is C6H6N4O2. The summed E-state index contributed by atoms with van der Waals surface area (Å²) in [7, 11) is 0. The third kappa shape index (κ3) is 2.03. The van der Waals surface area contributed by atoms with E-state index in [1.165, 1.54) is 23.2 Å². The van der Waals surface area contributed by atoms with Crippen molar-refractivity contribution in [3.63, 3.8) is 0 Å². The average molecular weight is 166 g/mol. The Balaban J connectivity index is 2.77. The molecule has 2 N–H and O–H groups in total. The highest BCUT2D eigenvalue weighted by molar-refractivity contribution is 5.73. The second kappa shape index (κ2) is 3.45. The average Bonchev–Trinajstić information content (AvgIpc) is 2.36. The van der Waals surface area contributed by atoms with Crippen LogP contribution in [0.4, 0.5) is 5.69 Å². The lowest BCUT2D eigenvalue weighted by molar-refractivity contribution is -0.118. The fourth-order valence-electron chi connectivity index (χ4n) is 0.709. The largest absolute Gasteiger partial charge is 0.368 e. The van der Waals surface area contributed by atoms with Gasteiger partial charge in [0.25, 0.3) is 0 Å². The minimum atomic E-state index is -0.500. The van der Waals surface area contributed by atoms with Gasteiger partial charge in [-0.25, -0.2) is 4.79 Å².